The van der Waals surface area contributed by atoms with Crippen molar-refractivity contribution >= 4 is 22.8 Å². The molecule has 0 radical (unpaired) electrons. The van der Waals surface area contributed by atoms with E-state index >= 15 is 0 Å². The van der Waals surface area contributed by atoms with Gasteiger partial charge in [-0.25, -0.2) is 4.79 Å². The minimum atomic E-state index is -0.620. The number of amides is 2. The van der Waals surface area contributed by atoms with Crippen LogP contribution in [-0.2, 0) is 23.1 Å². The van der Waals surface area contributed by atoms with Crippen LogP contribution in [0.4, 0.5) is 0 Å². The van der Waals surface area contributed by atoms with Crippen LogP contribution in [0, 0.1) is 0 Å². The minimum absolute atomic E-state index is 0.220. The van der Waals surface area contributed by atoms with Gasteiger partial charge in [-0.2, -0.15) is 0 Å². The van der Waals surface area contributed by atoms with Gasteiger partial charge in [0, 0.05) is 13.5 Å². The van der Waals surface area contributed by atoms with Crippen LogP contribution in [-0.4, -0.2) is 20.9 Å². The van der Waals surface area contributed by atoms with Crippen molar-refractivity contribution in [3.05, 3.63) is 34.2 Å². The summed E-state index contributed by atoms with van der Waals surface area (Å²) in [6.07, 6.45) is 3.82. The van der Waals surface area contributed by atoms with E-state index in [1.54, 1.807) is 11.6 Å². The first-order chi connectivity index (χ1) is 11.0. The normalized spacial score (nSPS) is 18.4. The Kier molecular flexibility index (Phi) is 4.07. The minimum Gasteiger partial charge on any atom is -0.295 e. The predicted molar refractivity (Wildman–Crippen MR) is 87.2 cm³/mol. The van der Waals surface area contributed by atoms with Gasteiger partial charge in [0.15, 0.2) is 0 Å². The van der Waals surface area contributed by atoms with Gasteiger partial charge in [0.05, 0.1) is 11.0 Å². The highest BCUT2D eigenvalue weighted by Crippen LogP contribution is 2.24. The molecule has 1 aliphatic rings. The number of piperidine rings is 1. The van der Waals surface area contributed by atoms with Crippen LogP contribution in [0.3, 0.4) is 0 Å². The molecular formula is C17H21N3O3. The maximum absolute atomic E-state index is 12.6. The van der Waals surface area contributed by atoms with E-state index in [0.717, 1.165) is 30.3 Å². The van der Waals surface area contributed by atoms with Crippen LogP contribution in [0.2, 0.25) is 0 Å². The van der Waals surface area contributed by atoms with E-state index in [1.165, 1.54) is 10.1 Å². The summed E-state index contributed by atoms with van der Waals surface area (Å²) in [6.45, 7) is 2.15. The molecule has 2 heterocycles. The Hall–Kier alpha value is -2.37. The van der Waals surface area contributed by atoms with Crippen LogP contribution in [0.5, 0.6) is 0 Å². The van der Waals surface area contributed by atoms with Crippen molar-refractivity contribution in [1.29, 1.82) is 0 Å². The number of carbonyl (C=O) groups excluding carboxylic acids is 2. The van der Waals surface area contributed by atoms with E-state index in [1.807, 2.05) is 18.2 Å². The summed E-state index contributed by atoms with van der Waals surface area (Å²) >= 11 is 0. The molecule has 0 bridgehead atoms. The molecule has 0 spiro atoms. The van der Waals surface area contributed by atoms with Crippen LogP contribution >= 0.6 is 0 Å². The fraction of sp³-hybridized carbons (Fsp3) is 0.471. The van der Waals surface area contributed by atoms with Gasteiger partial charge in [-0.05, 0) is 37.0 Å². The van der Waals surface area contributed by atoms with Crippen molar-refractivity contribution in [1.82, 2.24) is 14.5 Å². The second-order valence-corrected chi connectivity index (χ2v) is 6.11. The van der Waals surface area contributed by atoms with Gasteiger partial charge in [-0.1, -0.05) is 19.4 Å². The molecule has 2 aromatic rings. The summed E-state index contributed by atoms with van der Waals surface area (Å²) in [6, 6.07) is 5.32. The molecule has 6 nitrogen and oxygen atoms in total. The largest absolute Gasteiger partial charge is 0.329 e. The Morgan fingerprint density at radius 1 is 1.22 bits per heavy atom. The number of rotatable bonds is 4. The Bertz CT molecular complexity index is 831. The second kappa shape index (κ2) is 6.02. The Labute approximate surface area is 134 Å². The number of aryl methyl sites for hydroxylation is 2. The van der Waals surface area contributed by atoms with Gasteiger partial charge in [0.2, 0.25) is 11.8 Å². The molecule has 1 unspecified atom stereocenters. The molecule has 0 aliphatic carbocycles. The SMILES string of the molecule is CCCCc1ccc2c(c1)n(C)c(=O)n2C1CCC(=O)NC1=O. The van der Waals surface area contributed by atoms with E-state index in [4.69, 9.17) is 0 Å². The van der Waals surface area contributed by atoms with Crippen LogP contribution in [0.25, 0.3) is 11.0 Å². The number of nitrogens with zero attached hydrogens (tertiary/aromatic N) is 2. The highest BCUT2D eigenvalue weighted by atomic mass is 16.2. The van der Waals surface area contributed by atoms with E-state index in [0.29, 0.717) is 6.42 Å². The first-order valence-corrected chi connectivity index (χ1v) is 8.06. The summed E-state index contributed by atoms with van der Waals surface area (Å²) in [7, 11) is 1.72. The fourth-order valence-corrected chi connectivity index (χ4v) is 3.18. The fourth-order valence-electron chi connectivity index (χ4n) is 3.18. The summed E-state index contributed by atoms with van der Waals surface area (Å²) in [5, 5.41) is 2.32. The summed E-state index contributed by atoms with van der Waals surface area (Å²) in [5.41, 5.74) is 2.54. The van der Waals surface area contributed by atoms with Crippen molar-refractivity contribution in [2.24, 2.45) is 7.05 Å². The van der Waals surface area contributed by atoms with Crippen molar-refractivity contribution in [3.63, 3.8) is 0 Å². The summed E-state index contributed by atoms with van der Waals surface area (Å²) in [4.78, 5) is 36.0. The highest BCUT2D eigenvalue weighted by Gasteiger charge is 2.31. The van der Waals surface area contributed by atoms with Crippen molar-refractivity contribution < 1.29 is 9.59 Å². The van der Waals surface area contributed by atoms with Gasteiger partial charge < -0.3 is 0 Å². The Balaban J connectivity index is 2.07. The number of hydrogen-bond donors (Lipinski definition) is 1. The third-order valence-corrected chi connectivity index (χ3v) is 4.49. The number of nitrogens with one attached hydrogen (secondary N) is 1. The Morgan fingerprint density at radius 2 is 2.00 bits per heavy atom. The summed E-state index contributed by atoms with van der Waals surface area (Å²) in [5.74, 6) is -0.674. The number of imide groups is 1. The number of unbranched alkanes of at least 4 members (excludes halogenated alkanes) is 1. The van der Waals surface area contributed by atoms with E-state index < -0.39 is 11.9 Å². The zero-order valence-corrected chi connectivity index (χ0v) is 13.5. The third-order valence-electron chi connectivity index (χ3n) is 4.49. The van der Waals surface area contributed by atoms with Gasteiger partial charge in [-0.3, -0.25) is 24.0 Å². The molecule has 1 atom stereocenters. The van der Waals surface area contributed by atoms with Gasteiger partial charge in [0.25, 0.3) is 0 Å². The molecule has 0 saturated carbocycles. The molecule has 122 valence electrons. The lowest BCUT2D eigenvalue weighted by Crippen LogP contribution is -2.44. The Morgan fingerprint density at radius 3 is 2.70 bits per heavy atom. The smallest absolute Gasteiger partial charge is 0.295 e. The lowest BCUT2D eigenvalue weighted by atomic mass is 10.0. The number of fused-ring (bicyclic) bond motifs is 1. The zero-order valence-electron chi connectivity index (χ0n) is 13.5. The maximum Gasteiger partial charge on any atom is 0.329 e. The molecule has 1 aromatic heterocycles. The topological polar surface area (TPSA) is 73.1 Å². The molecule has 23 heavy (non-hydrogen) atoms. The lowest BCUT2D eigenvalue weighted by molar-refractivity contribution is -0.135. The van der Waals surface area contributed by atoms with Crippen molar-refractivity contribution in [2.45, 2.75) is 45.1 Å². The van der Waals surface area contributed by atoms with Gasteiger partial charge >= 0.3 is 5.69 Å². The van der Waals surface area contributed by atoms with Crippen LogP contribution in [0.1, 0.15) is 44.2 Å². The number of aromatic nitrogens is 2. The molecule has 1 saturated heterocycles. The molecule has 1 N–H and O–H groups in total. The molecule has 1 fully saturated rings. The number of carbonyl (C=O) groups is 2. The molecule has 1 aromatic carbocycles. The average Bonchev–Trinajstić information content (AvgIpc) is 2.77. The first-order valence-electron chi connectivity index (χ1n) is 8.06. The predicted octanol–water partition coefficient (Wildman–Crippen LogP) is 1.66. The van der Waals surface area contributed by atoms with E-state index in [9.17, 15) is 14.4 Å². The number of benzene rings is 1. The van der Waals surface area contributed by atoms with Gasteiger partial charge in [0.1, 0.15) is 6.04 Å². The monoisotopic (exact) mass is 315 g/mol. The maximum atomic E-state index is 12.6. The number of imidazole rings is 1. The second-order valence-electron chi connectivity index (χ2n) is 6.11. The molecule has 2 amide bonds. The standard InChI is InChI=1S/C17H21N3O3/c1-3-4-5-11-6-7-12-14(10-11)19(2)17(23)20(12)13-8-9-15(21)18-16(13)22/h6-7,10,13H,3-5,8-9H2,1-2H3,(H,18,21,22). The number of hydrogen-bond acceptors (Lipinski definition) is 3. The van der Waals surface area contributed by atoms with Gasteiger partial charge in [-0.15, -0.1) is 0 Å². The van der Waals surface area contributed by atoms with E-state index in [2.05, 4.69) is 12.2 Å². The molecule has 3 rings (SSSR count). The van der Waals surface area contributed by atoms with Crippen molar-refractivity contribution in [2.75, 3.05) is 0 Å². The van der Waals surface area contributed by atoms with E-state index in [-0.39, 0.29) is 18.0 Å². The average molecular weight is 315 g/mol. The first kappa shape index (κ1) is 15.5. The lowest BCUT2D eigenvalue weighted by Gasteiger charge is -2.21. The summed E-state index contributed by atoms with van der Waals surface area (Å²) < 4.78 is 3.09. The molecule has 1 aliphatic heterocycles. The van der Waals surface area contributed by atoms with Crippen LogP contribution < -0.4 is 11.0 Å². The molecule has 6 heteroatoms. The van der Waals surface area contributed by atoms with Crippen LogP contribution in [0.15, 0.2) is 23.0 Å². The third kappa shape index (κ3) is 2.69. The van der Waals surface area contributed by atoms with Crippen molar-refractivity contribution in [3.8, 4) is 0 Å². The molecular weight excluding hydrogens is 294 g/mol. The highest BCUT2D eigenvalue weighted by molar-refractivity contribution is 6.00. The quantitative estimate of drug-likeness (QED) is 0.872. The zero-order chi connectivity index (χ0) is 16.6.